The second kappa shape index (κ2) is 6.66. The van der Waals surface area contributed by atoms with Gasteiger partial charge in [-0.3, -0.25) is 4.79 Å². The van der Waals surface area contributed by atoms with Gasteiger partial charge in [-0.25, -0.2) is 4.39 Å². The number of rotatable bonds is 4. The van der Waals surface area contributed by atoms with Crippen LogP contribution in [0.2, 0.25) is 0 Å². The number of aryl methyl sites for hydroxylation is 2. The number of carbonyl (C=O) groups excluding carboxylic acids is 1. The van der Waals surface area contributed by atoms with Crippen molar-refractivity contribution < 1.29 is 13.7 Å². The summed E-state index contributed by atoms with van der Waals surface area (Å²) in [7, 11) is 0. The zero-order valence-corrected chi connectivity index (χ0v) is 13.5. The highest BCUT2D eigenvalue weighted by Crippen LogP contribution is 2.24. The van der Waals surface area contributed by atoms with E-state index in [1.54, 1.807) is 18.2 Å². The van der Waals surface area contributed by atoms with Crippen LogP contribution in [0.4, 0.5) is 10.1 Å². The third-order valence-electron chi connectivity index (χ3n) is 3.85. The SMILES string of the molecule is CCc1cccc(C)c1NC(=O)c1cc(-c2ccc(F)cc2)on1. The Labute approximate surface area is 139 Å². The molecule has 1 amide bonds. The van der Waals surface area contributed by atoms with E-state index in [0.29, 0.717) is 11.3 Å². The molecule has 0 atom stereocenters. The molecule has 0 aliphatic carbocycles. The zero-order valence-electron chi connectivity index (χ0n) is 13.5. The van der Waals surface area contributed by atoms with Gasteiger partial charge in [0.1, 0.15) is 5.82 Å². The van der Waals surface area contributed by atoms with Gasteiger partial charge in [0.2, 0.25) is 0 Å². The second-order valence-electron chi connectivity index (χ2n) is 5.50. The Morgan fingerprint density at radius 1 is 1.21 bits per heavy atom. The monoisotopic (exact) mass is 324 g/mol. The molecule has 3 aromatic rings. The van der Waals surface area contributed by atoms with Gasteiger partial charge < -0.3 is 9.84 Å². The van der Waals surface area contributed by atoms with E-state index in [-0.39, 0.29) is 17.4 Å². The fourth-order valence-corrected chi connectivity index (χ4v) is 2.51. The lowest BCUT2D eigenvalue weighted by Gasteiger charge is -2.11. The van der Waals surface area contributed by atoms with Crippen molar-refractivity contribution >= 4 is 11.6 Å². The number of hydrogen-bond acceptors (Lipinski definition) is 3. The number of hydrogen-bond donors (Lipinski definition) is 1. The molecule has 0 fully saturated rings. The third kappa shape index (κ3) is 3.20. The second-order valence-corrected chi connectivity index (χ2v) is 5.50. The smallest absolute Gasteiger partial charge is 0.277 e. The maximum Gasteiger partial charge on any atom is 0.277 e. The zero-order chi connectivity index (χ0) is 17.1. The first-order chi connectivity index (χ1) is 11.6. The van der Waals surface area contributed by atoms with Gasteiger partial charge >= 0.3 is 0 Å². The van der Waals surface area contributed by atoms with Gasteiger partial charge in [0.15, 0.2) is 11.5 Å². The van der Waals surface area contributed by atoms with Crippen LogP contribution in [-0.4, -0.2) is 11.1 Å². The number of para-hydroxylation sites is 1. The summed E-state index contributed by atoms with van der Waals surface area (Å²) in [6, 6.07) is 13.3. The molecule has 3 rings (SSSR count). The Morgan fingerprint density at radius 3 is 2.67 bits per heavy atom. The van der Waals surface area contributed by atoms with Crippen LogP contribution in [0.15, 0.2) is 53.1 Å². The van der Waals surface area contributed by atoms with E-state index < -0.39 is 0 Å². The number of nitrogens with one attached hydrogen (secondary N) is 1. The van der Waals surface area contributed by atoms with Crippen LogP contribution in [0.3, 0.4) is 0 Å². The lowest BCUT2D eigenvalue weighted by Crippen LogP contribution is -2.14. The lowest BCUT2D eigenvalue weighted by atomic mass is 10.1. The number of aromatic nitrogens is 1. The molecule has 0 saturated carbocycles. The van der Waals surface area contributed by atoms with Gasteiger partial charge in [-0.1, -0.05) is 30.3 Å². The Hall–Kier alpha value is -2.95. The number of halogens is 1. The molecular formula is C19H17FN2O2. The summed E-state index contributed by atoms with van der Waals surface area (Å²) >= 11 is 0. The van der Waals surface area contributed by atoms with Gasteiger partial charge in [0.05, 0.1) is 0 Å². The van der Waals surface area contributed by atoms with Gasteiger partial charge in [0, 0.05) is 17.3 Å². The number of benzene rings is 2. The highest BCUT2D eigenvalue weighted by Gasteiger charge is 2.16. The minimum Gasteiger partial charge on any atom is -0.355 e. The van der Waals surface area contributed by atoms with E-state index in [1.165, 1.54) is 12.1 Å². The molecule has 0 unspecified atom stereocenters. The van der Waals surface area contributed by atoms with E-state index in [2.05, 4.69) is 10.5 Å². The molecule has 2 aromatic carbocycles. The molecule has 0 saturated heterocycles. The van der Waals surface area contributed by atoms with E-state index in [4.69, 9.17) is 4.52 Å². The van der Waals surface area contributed by atoms with Crippen LogP contribution in [-0.2, 0) is 6.42 Å². The molecule has 1 heterocycles. The number of anilines is 1. The van der Waals surface area contributed by atoms with Gasteiger partial charge in [0.25, 0.3) is 5.91 Å². The Balaban J connectivity index is 1.83. The normalized spacial score (nSPS) is 10.6. The largest absolute Gasteiger partial charge is 0.355 e. The summed E-state index contributed by atoms with van der Waals surface area (Å²) in [5, 5.41) is 6.71. The molecule has 1 N–H and O–H groups in total. The van der Waals surface area contributed by atoms with Crippen molar-refractivity contribution in [1.82, 2.24) is 5.16 Å². The average Bonchev–Trinajstić information content (AvgIpc) is 3.07. The molecular weight excluding hydrogens is 307 g/mol. The number of carbonyl (C=O) groups is 1. The van der Waals surface area contributed by atoms with Crippen molar-refractivity contribution in [2.45, 2.75) is 20.3 Å². The Kier molecular flexibility index (Phi) is 4.42. The van der Waals surface area contributed by atoms with Crippen molar-refractivity contribution in [2.75, 3.05) is 5.32 Å². The third-order valence-corrected chi connectivity index (χ3v) is 3.85. The fraction of sp³-hybridized carbons (Fsp3) is 0.158. The highest BCUT2D eigenvalue weighted by atomic mass is 19.1. The molecule has 0 aliphatic rings. The maximum absolute atomic E-state index is 13.0. The summed E-state index contributed by atoms with van der Waals surface area (Å²) in [5.74, 6) is -0.250. The molecule has 0 bridgehead atoms. The van der Waals surface area contributed by atoms with Crippen LogP contribution in [0, 0.1) is 12.7 Å². The Bertz CT molecular complexity index is 869. The molecule has 5 heteroatoms. The number of amides is 1. The minimum atomic E-state index is -0.337. The van der Waals surface area contributed by atoms with Crippen LogP contribution < -0.4 is 5.32 Å². The summed E-state index contributed by atoms with van der Waals surface area (Å²) in [4.78, 5) is 12.4. The topological polar surface area (TPSA) is 55.1 Å². The van der Waals surface area contributed by atoms with Crippen molar-refractivity contribution in [3.05, 3.63) is 71.2 Å². The van der Waals surface area contributed by atoms with Crippen LogP contribution in [0.5, 0.6) is 0 Å². The summed E-state index contributed by atoms with van der Waals surface area (Å²) < 4.78 is 18.2. The van der Waals surface area contributed by atoms with Crippen molar-refractivity contribution in [3.8, 4) is 11.3 Å². The lowest BCUT2D eigenvalue weighted by molar-refractivity contribution is 0.101. The molecule has 4 nitrogen and oxygen atoms in total. The van der Waals surface area contributed by atoms with Gasteiger partial charge in [-0.2, -0.15) is 0 Å². The molecule has 122 valence electrons. The van der Waals surface area contributed by atoms with Crippen LogP contribution >= 0.6 is 0 Å². The highest BCUT2D eigenvalue weighted by molar-refractivity contribution is 6.04. The Morgan fingerprint density at radius 2 is 1.96 bits per heavy atom. The first-order valence-electron chi connectivity index (χ1n) is 7.71. The molecule has 24 heavy (non-hydrogen) atoms. The van der Waals surface area contributed by atoms with Crippen molar-refractivity contribution in [3.63, 3.8) is 0 Å². The predicted octanol–water partition coefficient (Wildman–Crippen LogP) is 4.60. The van der Waals surface area contributed by atoms with E-state index in [9.17, 15) is 9.18 Å². The quantitative estimate of drug-likeness (QED) is 0.763. The average molecular weight is 324 g/mol. The summed E-state index contributed by atoms with van der Waals surface area (Å²) in [5.41, 5.74) is 3.69. The van der Waals surface area contributed by atoms with Gasteiger partial charge in [-0.15, -0.1) is 0 Å². The van der Waals surface area contributed by atoms with E-state index in [1.807, 2.05) is 32.0 Å². The van der Waals surface area contributed by atoms with Gasteiger partial charge in [-0.05, 0) is 48.7 Å². The predicted molar refractivity (Wildman–Crippen MR) is 90.4 cm³/mol. The summed E-state index contributed by atoms with van der Waals surface area (Å²) in [6.07, 6.45) is 0.816. The standard InChI is InChI=1S/C19H17FN2O2/c1-3-13-6-4-5-12(2)18(13)21-19(23)16-11-17(24-22-16)14-7-9-15(20)10-8-14/h4-11H,3H2,1-2H3,(H,21,23). The van der Waals surface area contributed by atoms with Crippen molar-refractivity contribution in [2.24, 2.45) is 0 Å². The number of nitrogens with zero attached hydrogens (tertiary/aromatic N) is 1. The molecule has 0 spiro atoms. The first kappa shape index (κ1) is 15.9. The molecule has 0 aliphatic heterocycles. The van der Waals surface area contributed by atoms with Crippen molar-refractivity contribution in [1.29, 1.82) is 0 Å². The van der Waals surface area contributed by atoms with Crippen LogP contribution in [0.1, 0.15) is 28.5 Å². The first-order valence-corrected chi connectivity index (χ1v) is 7.71. The van der Waals surface area contributed by atoms with E-state index >= 15 is 0 Å². The molecule has 0 radical (unpaired) electrons. The van der Waals surface area contributed by atoms with E-state index in [0.717, 1.165) is 23.2 Å². The fourth-order valence-electron chi connectivity index (χ4n) is 2.51. The maximum atomic E-state index is 13.0. The minimum absolute atomic E-state index is 0.180. The summed E-state index contributed by atoms with van der Waals surface area (Å²) in [6.45, 7) is 3.98. The molecule has 1 aromatic heterocycles. The van der Waals surface area contributed by atoms with Crippen LogP contribution in [0.25, 0.3) is 11.3 Å².